The Hall–Kier alpha value is -9.32. The molecule has 1 N–H and O–H groups in total. The van der Waals surface area contributed by atoms with E-state index in [1.54, 1.807) is 0 Å². The standard InChI is InChI=1S/C70H52N4O/c1-70(2,3)46-33-36-55-61-31-17-39-71-69(61)74-65-42-48(35-38-57(65)60-29-15-28-58(67(60)74)53-24-12-13-25-54(53)62(55)40-46)75-47-34-37-56-51-22-10-11-23-52(51)59-30-16-32-63-68(59)73(64(56)41-47)43-72(63)66-49(44-18-6-4-7-19-44)26-14-27-50(66)45-20-8-5-9-21-45/h4-38,40-42,71H,39,43H2,1-3H3. The van der Waals surface area contributed by atoms with Gasteiger partial charge in [0.1, 0.15) is 24.0 Å². The lowest BCUT2D eigenvalue weighted by Gasteiger charge is -2.28. The van der Waals surface area contributed by atoms with Crippen molar-refractivity contribution in [2.24, 2.45) is 0 Å². The van der Waals surface area contributed by atoms with E-state index < -0.39 is 0 Å². The van der Waals surface area contributed by atoms with Crippen LogP contribution in [0.25, 0.3) is 99.3 Å². The molecule has 358 valence electrons. The van der Waals surface area contributed by atoms with Crippen LogP contribution in [0.1, 0.15) is 31.9 Å². The lowest BCUT2D eigenvalue weighted by atomic mass is 9.85. The van der Waals surface area contributed by atoms with Crippen LogP contribution in [0.3, 0.4) is 0 Å². The van der Waals surface area contributed by atoms with Crippen LogP contribution in [-0.4, -0.2) is 17.6 Å². The van der Waals surface area contributed by atoms with E-state index in [4.69, 9.17) is 4.74 Å². The van der Waals surface area contributed by atoms with Gasteiger partial charge in [0.15, 0.2) is 0 Å². The molecular formula is C70H52N4O. The van der Waals surface area contributed by atoms with Crippen molar-refractivity contribution < 1.29 is 4.74 Å². The van der Waals surface area contributed by atoms with E-state index >= 15 is 0 Å². The lowest BCUT2D eigenvalue weighted by Crippen LogP contribution is -2.25. The Morgan fingerprint density at radius 3 is 1.75 bits per heavy atom. The third-order valence-corrected chi connectivity index (χ3v) is 15.9. The van der Waals surface area contributed by atoms with Gasteiger partial charge in [0.25, 0.3) is 0 Å². The zero-order valence-corrected chi connectivity index (χ0v) is 42.1. The Morgan fingerprint density at radius 2 is 1.00 bits per heavy atom. The normalized spacial score (nSPS) is 13.4. The van der Waals surface area contributed by atoms with Crippen LogP contribution in [0.15, 0.2) is 224 Å². The summed E-state index contributed by atoms with van der Waals surface area (Å²) in [5, 5.41) is 12.4. The number of rotatable bonds is 5. The molecule has 5 heterocycles. The molecule has 0 radical (unpaired) electrons. The van der Waals surface area contributed by atoms with Crippen molar-refractivity contribution in [3.8, 4) is 56.0 Å². The summed E-state index contributed by atoms with van der Waals surface area (Å²) in [6.07, 6.45) is 4.56. The highest BCUT2D eigenvalue weighted by Crippen LogP contribution is 2.58. The van der Waals surface area contributed by atoms with Gasteiger partial charge in [0.2, 0.25) is 0 Å². The fourth-order valence-electron chi connectivity index (χ4n) is 12.5. The van der Waals surface area contributed by atoms with Crippen LogP contribution in [0, 0.1) is 0 Å². The van der Waals surface area contributed by atoms with Crippen molar-refractivity contribution >= 4 is 83.4 Å². The Bertz CT molecular complexity index is 4350. The second-order valence-corrected chi connectivity index (χ2v) is 21.2. The summed E-state index contributed by atoms with van der Waals surface area (Å²) < 4.78 is 9.63. The zero-order valence-electron chi connectivity index (χ0n) is 42.1. The Morgan fingerprint density at radius 1 is 0.427 bits per heavy atom. The Labute approximate surface area is 436 Å². The number of hydrogen-bond donors (Lipinski definition) is 1. The average molecular weight is 965 g/mol. The SMILES string of the molecule is CC(C)(C)c1ccc2c3c(n4c5cc(Oc6ccc7c(c6)N6CN(c8c(-c9ccccc9)cccc8-c8ccccc8)c8cccc(c86)-c6ccccc6-7)ccc5c5cccc(c6ccccc6c2c1)c54)NCC=C3. The van der Waals surface area contributed by atoms with E-state index in [0.717, 1.165) is 35.1 Å². The number of fused-ring (bicyclic) bond motifs is 15. The fraction of sp³-hybridized carbons (Fsp3) is 0.0857. The van der Waals surface area contributed by atoms with Gasteiger partial charge in [-0.25, -0.2) is 0 Å². The van der Waals surface area contributed by atoms with Gasteiger partial charge in [0, 0.05) is 62.7 Å². The van der Waals surface area contributed by atoms with E-state index in [1.807, 2.05) is 0 Å². The molecular weight excluding hydrogens is 913 g/mol. The molecule has 5 nitrogen and oxygen atoms in total. The molecule has 0 atom stereocenters. The van der Waals surface area contributed by atoms with Crippen LogP contribution in [-0.2, 0) is 5.41 Å². The van der Waals surface area contributed by atoms with Crippen molar-refractivity contribution in [2.45, 2.75) is 26.2 Å². The summed E-state index contributed by atoms with van der Waals surface area (Å²) in [6.45, 7) is 8.24. The summed E-state index contributed by atoms with van der Waals surface area (Å²) in [6, 6.07) is 80.2. The Kier molecular flexibility index (Phi) is 9.58. The van der Waals surface area contributed by atoms with Crippen molar-refractivity contribution in [1.82, 2.24) is 4.40 Å². The van der Waals surface area contributed by atoms with E-state index in [2.05, 4.69) is 271 Å². The number of ether oxygens (including phenoxy) is 1. The molecule has 0 aliphatic carbocycles. The van der Waals surface area contributed by atoms with Crippen molar-refractivity contribution in [1.29, 1.82) is 0 Å². The van der Waals surface area contributed by atoms with Gasteiger partial charge in [0.05, 0.1) is 33.8 Å². The van der Waals surface area contributed by atoms with Gasteiger partial charge in [-0.3, -0.25) is 4.40 Å². The predicted molar refractivity (Wildman–Crippen MR) is 316 cm³/mol. The predicted octanol–water partition coefficient (Wildman–Crippen LogP) is 18.9. The van der Waals surface area contributed by atoms with Crippen LogP contribution >= 0.6 is 0 Å². The van der Waals surface area contributed by atoms with E-state index in [1.165, 1.54) is 116 Å². The minimum absolute atomic E-state index is 0.0104. The quantitative estimate of drug-likeness (QED) is 0.186. The number of hydrogen-bond acceptors (Lipinski definition) is 4. The zero-order chi connectivity index (χ0) is 49.9. The third-order valence-electron chi connectivity index (χ3n) is 15.9. The molecule has 0 saturated carbocycles. The molecule has 75 heavy (non-hydrogen) atoms. The first-order valence-corrected chi connectivity index (χ1v) is 26.2. The second-order valence-electron chi connectivity index (χ2n) is 21.2. The number of nitrogens with zero attached hydrogens (tertiary/aromatic N) is 3. The lowest BCUT2D eigenvalue weighted by molar-refractivity contribution is 0.483. The fourth-order valence-corrected chi connectivity index (χ4v) is 12.5. The number of para-hydroxylation sites is 3. The molecule has 5 heteroatoms. The average Bonchev–Trinajstić information content (AvgIpc) is 4.04. The molecule has 0 spiro atoms. The molecule has 3 aliphatic rings. The molecule has 10 aromatic carbocycles. The molecule has 2 aromatic heterocycles. The largest absolute Gasteiger partial charge is 0.457 e. The molecule has 0 unspecified atom stereocenters. The maximum Gasteiger partial charge on any atom is 0.129 e. The van der Waals surface area contributed by atoms with E-state index in [0.29, 0.717) is 6.67 Å². The van der Waals surface area contributed by atoms with Crippen molar-refractivity contribution in [3.63, 3.8) is 0 Å². The number of nitrogens with one attached hydrogen (secondary N) is 1. The van der Waals surface area contributed by atoms with E-state index in [-0.39, 0.29) is 5.41 Å². The van der Waals surface area contributed by atoms with E-state index in [9.17, 15) is 0 Å². The van der Waals surface area contributed by atoms with Gasteiger partial charge in [-0.15, -0.1) is 0 Å². The van der Waals surface area contributed by atoms with Gasteiger partial charge >= 0.3 is 0 Å². The minimum Gasteiger partial charge on any atom is -0.457 e. The minimum atomic E-state index is -0.0104. The number of anilines is 5. The van der Waals surface area contributed by atoms with Crippen molar-refractivity contribution in [3.05, 3.63) is 236 Å². The van der Waals surface area contributed by atoms with Crippen LogP contribution in [0.4, 0.5) is 28.6 Å². The summed E-state index contributed by atoms with van der Waals surface area (Å²) in [7, 11) is 0. The molecule has 0 amide bonds. The summed E-state index contributed by atoms with van der Waals surface area (Å²) in [4.78, 5) is 5.05. The van der Waals surface area contributed by atoms with Gasteiger partial charge in [-0.1, -0.05) is 203 Å². The monoisotopic (exact) mass is 964 g/mol. The topological polar surface area (TPSA) is 32.2 Å². The van der Waals surface area contributed by atoms with Gasteiger partial charge < -0.3 is 19.9 Å². The number of aromatic nitrogens is 1. The molecule has 0 fully saturated rings. The number of benzene rings is 10. The summed E-state index contributed by atoms with van der Waals surface area (Å²) >= 11 is 0. The molecule has 0 bridgehead atoms. The van der Waals surface area contributed by atoms with Crippen LogP contribution in [0.5, 0.6) is 11.5 Å². The highest BCUT2D eigenvalue weighted by Gasteiger charge is 2.37. The second kappa shape index (κ2) is 16.6. The molecule has 0 saturated heterocycles. The maximum atomic E-state index is 7.16. The van der Waals surface area contributed by atoms with Gasteiger partial charge in [-0.05, 0) is 91.2 Å². The first kappa shape index (κ1) is 43.3. The molecule has 15 rings (SSSR count). The third kappa shape index (κ3) is 6.70. The first-order valence-electron chi connectivity index (χ1n) is 26.2. The Balaban J connectivity index is 0.921. The van der Waals surface area contributed by atoms with Crippen molar-refractivity contribution in [2.75, 3.05) is 28.3 Å². The first-order chi connectivity index (χ1) is 36.9. The smallest absolute Gasteiger partial charge is 0.129 e. The molecule has 3 aliphatic heterocycles. The summed E-state index contributed by atoms with van der Waals surface area (Å²) in [5.74, 6) is 2.62. The van der Waals surface area contributed by atoms with Crippen LogP contribution in [0.2, 0.25) is 0 Å². The molecule has 12 aromatic rings. The maximum absolute atomic E-state index is 7.16. The van der Waals surface area contributed by atoms with Crippen LogP contribution < -0.4 is 19.9 Å². The summed E-state index contributed by atoms with van der Waals surface area (Å²) in [5.41, 5.74) is 18.9. The highest BCUT2D eigenvalue weighted by molar-refractivity contribution is 6.23. The highest BCUT2D eigenvalue weighted by atomic mass is 16.5. The van der Waals surface area contributed by atoms with Gasteiger partial charge in [-0.2, -0.15) is 0 Å².